The fourth-order valence-corrected chi connectivity index (χ4v) is 1.21. The highest BCUT2D eigenvalue weighted by Crippen LogP contribution is 2.18. The van der Waals surface area contributed by atoms with Gasteiger partial charge >= 0.3 is 5.97 Å². The van der Waals surface area contributed by atoms with Gasteiger partial charge in [0.15, 0.2) is 0 Å². The van der Waals surface area contributed by atoms with Crippen molar-refractivity contribution in [2.45, 2.75) is 6.92 Å². The summed E-state index contributed by atoms with van der Waals surface area (Å²) in [6.45, 7) is 1.81. The minimum Gasteiger partial charge on any atom is -0.477 e. The number of H-pyrrole nitrogens is 1. The molecule has 2 aromatic heterocycles. The van der Waals surface area contributed by atoms with E-state index in [0.717, 1.165) is 11.3 Å². The van der Waals surface area contributed by atoms with Gasteiger partial charge in [0.25, 0.3) is 0 Å². The average Bonchev–Trinajstić information content (AvgIpc) is 2.67. The highest BCUT2D eigenvalue weighted by Gasteiger charge is 2.11. The lowest BCUT2D eigenvalue weighted by atomic mass is 10.2. The molecule has 0 atom stereocenters. The van der Waals surface area contributed by atoms with Crippen molar-refractivity contribution in [1.82, 2.24) is 20.2 Å². The zero-order valence-corrected chi connectivity index (χ0v) is 7.93. The first kappa shape index (κ1) is 9.32. The molecule has 0 aromatic carbocycles. The van der Waals surface area contributed by atoms with Crippen LogP contribution in [-0.2, 0) is 0 Å². The Bertz CT molecular complexity index is 506. The summed E-state index contributed by atoms with van der Waals surface area (Å²) >= 11 is 0. The quantitative estimate of drug-likeness (QED) is 0.757. The molecule has 6 heteroatoms. The zero-order chi connectivity index (χ0) is 10.8. The predicted octanol–water partition coefficient (Wildman–Crippen LogP) is 0.873. The molecule has 6 nitrogen and oxygen atoms in total. The summed E-state index contributed by atoms with van der Waals surface area (Å²) in [7, 11) is 0. The van der Waals surface area contributed by atoms with Crippen molar-refractivity contribution in [3.05, 3.63) is 30.0 Å². The number of aromatic amines is 1. The molecule has 0 fully saturated rings. The molecule has 0 amide bonds. The van der Waals surface area contributed by atoms with Crippen LogP contribution in [0, 0.1) is 6.92 Å². The van der Waals surface area contributed by atoms with Crippen LogP contribution in [0.5, 0.6) is 0 Å². The van der Waals surface area contributed by atoms with Crippen LogP contribution in [0.15, 0.2) is 18.6 Å². The number of aryl methyl sites for hydroxylation is 1. The van der Waals surface area contributed by atoms with Gasteiger partial charge < -0.3 is 5.11 Å². The molecule has 0 bridgehead atoms. The van der Waals surface area contributed by atoms with Crippen LogP contribution < -0.4 is 0 Å². The lowest BCUT2D eigenvalue weighted by Gasteiger charge is -1.97. The van der Waals surface area contributed by atoms with Crippen molar-refractivity contribution < 1.29 is 9.90 Å². The van der Waals surface area contributed by atoms with E-state index < -0.39 is 5.97 Å². The lowest BCUT2D eigenvalue weighted by molar-refractivity contribution is 0.0690. The average molecular weight is 204 g/mol. The minimum absolute atomic E-state index is 0.0493. The zero-order valence-electron chi connectivity index (χ0n) is 7.93. The standard InChI is InChI=1S/C9H8N4O2/c1-5-6(3-10-4-11-5)7-2-8(9(14)15)13-12-7/h2-4H,1H3,(H,12,13)(H,14,15). The SMILES string of the molecule is Cc1ncncc1-c1cc(C(=O)O)[nH]n1. The maximum atomic E-state index is 10.6. The summed E-state index contributed by atoms with van der Waals surface area (Å²) < 4.78 is 0. The summed E-state index contributed by atoms with van der Waals surface area (Å²) in [6.07, 6.45) is 3.04. The van der Waals surface area contributed by atoms with Gasteiger partial charge in [-0.3, -0.25) is 5.10 Å². The van der Waals surface area contributed by atoms with Crippen molar-refractivity contribution >= 4 is 5.97 Å². The Morgan fingerprint density at radius 2 is 2.33 bits per heavy atom. The van der Waals surface area contributed by atoms with E-state index >= 15 is 0 Å². The Labute approximate surface area is 85.0 Å². The minimum atomic E-state index is -1.04. The first-order valence-electron chi connectivity index (χ1n) is 4.24. The van der Waals surface area contributed by atoms with E-state index in [2.05, 4.69) is 20.2 Å². The second-order valence-corrected chi connectivity index (χ2v) is 2.99. The number of nitrogens with one attached hydrogen (secondary N) is 1. The molecule has 0 aliphatic heterocycles. The van der Waals surface area contributed by atoms with Crippen LogP contribution in [0.4, 0.5) is 0 Å². The highest BCUT2D eigenvalue weighted by atomic mass is 16.4. The lowest BCUT2D eigenvalue weighted by Crippen LogP contribution is -1.95. The molecule has 76 valence electrons. The molecule has 0 radical (unpaired) electrons. The summed E-state index contributed by atoms with van der Waals surface area (Å²) in [5, 5.41) is 15.0. The van der Waals surface area contributed by atoms with Crippen LogP contribution >= 0.6 is 0 Å². The number of carbonyl (C=O) groups is 1. The molecule has 0 saturated carbocycles. The maximum absolute atomic E-state index is 10.6. The molecular formula is C9H8N4O2. The molecule has 0 unspecified atom stereocenters. The topological polar surface area (TPSA) is 91.8 Å². The Morgan fingerprint density at radius 1 is 1.53 bits per heavy atom. The fourth-order valence-electron chi connectivity index (χ4n) is 1.21. The number of carboxylic acid groups (broad SMARTS) is 1. The van der Waals surface area contributed by atoms with E-state index in [1.54, 1.807) is 6.20 Å². The molecule has 2 N–H and O–H groups in total. The normalized spacial score (nSPS) is 10.2. The molecule has 0 aliphatic rings. The van der Waals surface area contributed by atoms with Gasteiger partial charge in [-0.05, 0) is 13.0 Å². The number of nitrogens with zero attached hydrogens (tertiary/aromatic N) is 3. The second kappa shape index (κ2) is 3.49. The summed E-state index contributed by atoms with van der Waals surface area (Å²) in [5.74, 6) is -1.04. The van der Waals surface area contributed by atoms with Crippen molar-refractivity contribution in [3.8, 4) is 11.3 Å². The van der Waals surface area contributed by atoms with E-state index in [1.165, 1.54) is 12.4 Å². The number of rotatable bonds is 2. The van der Waals surface area contributed by atoms with Gasteiger partial charge in [0, 0.05) is 11.8 Å². The van der Waals surface area contributed by atoms with Gasteiger partial charge in [0.1, 0.15) is 12.0 Å². The van der Waals surface area contributed by atoms with E-state index in [-0.39, 0.29) is 5.69 Å². The maximum Gasteiger partial charge on any atom is 0.353 e. The van der Waals surface area contributed by atoms with Gasteiger partial charge in [-0.1, -0.05) is 0 Å². The Kier molecular flexibility index (Phi) is 2.17. The summed E-state index contributed by atoms with van der Waals surface area (Å²) in [6, 6.07) is 1.45. The molecule has 0 aliphatic carbocycles. The number of aromatic nitrogens is 4. The van der Waals surface area contributed by atoms with Crippen LogP contribution in [0.25, 0.3) is 11.3 Å². The molecule has 2 aromatic rings. The van der Waals surface area contributed by atoms with Crippen LogP contribution in [0.1, 0.15) is 16.2 Å². The van der Waals surface area contributed by atoms with E-state index in [4.69, 9.17) is 5.11 Å². The van der Waals surface area contributed by atoms with Crippen LogP contribution in [0.3, 0.4) is 0 Å². The largest absolute Gasteiger partial charge is 0.477 e. The molecule has 0 spiro atoms. The summed E-state index contributed by atoms with van der Waals surface area (Å²) in [4.78, 5) is 18.5. The van der Waals surface area contributed by atoms with Gasteiger partial charge in [-0.25, -0.2) is 14.8 Å². The molecule has 15 heavy (non-hydrogen) atoms. The van der Waals surface area contributed by atoms with E-state index in [9.17, 15) is 4.79 Å². The third kappa shape index (κ3) is 1.69. The van der Waals surface area contributed by atoms with Crippen LogP contribution in [0.2, 0.25) is 0 Å². The molecule has 2 rings (SSSR count). The van der Waals surface area contributed by atoms with Gasteiger partial charge in [0.2, 0.25) is 0 Å². The van der Waals surface area contributed by atoms with E-state index in [0.29, 0.717) is 5.69 Å². The molecular weight excluding hydrogens is 196 g/mol. The molecule has 2 heterocycles. The predicted molar refractivity (Wildman–Crippen MR) is 51.3 cm³/mol. The third-order valence-corrected chi connectivity index (χ3v) is 2.00. The first-order valence-corrected chi connectivity index (χ1v) is 4.24. The number of carboxylic acids is 1. The Morgan fingerprint density at radius 3 is 2.93 bits per heavy atom. The van der Waals surface area contributed by atoms with E-state index in [1.807, 2.05) is 6.92 Å². The smallest absolute Gasteiger partial charge is 0.353 e. The highest BCUT2D eigenvalue weighted by molar-refractivity contribution is 5.86. The van der Waals surface area contributed by atoms with Gasteiger partial charge in [0.05, 0.1) is 11.4 Å². The molecule has 0 saturated heterocycles. The third-order valence-electron chi connectivity index (χ3n) is 2.00. The van der Waals surface area contributed by atoms with Crippen molar-refractivity contribution in [1.29, 1.82) is 0 Å². The van der Waals surface area contributed by atoms with Crippen molar-refractivity contribution in [2.24, 2.45) is 0 Å². The second-order valence-electron chi connectivity index (χ2n) is 2.99. The monoisotopic (exact) mass is 204 g/mol. The first-order chi connectivity index (χ1) is 7.18. The Hall–Kier alpha value is -2.24. The summed E-state index contributed by atoms with van der Waals surface area (Å²) in [5.41, 5.74) is 2.06. The number of hydrogen-bond donors (Lipinski definition) is 2. The number of aromatic carboxylic acids is 1. The van der Waals surface area contributed by atoms with Crippen molar-refractivity contribution in [3.63, 3.8) is 0 Å². The van der Waals surface area contributed by atoms with Crippen molar-refractivity contribution in [2.75, 3.05) is 0 Å². The fraction of sp³-hybridized carbons (Fsp3) is 0.111. The van der Waals surface area contributed by atoms with Crippen LogP contribution in [-0.4, -0.2) is 31.2 Å². The van der Waals surface area contributed by atoms with Gasteiger partial charge in [-0.2, -0.15) is 5.10 Å². The van der Waals surface area contributed by atoms with Gasteiger partial charge in [-0.15, -0.1) is 0 Å². The Balaban J connectivity index is 2.46. The number of hydrogen-bond acceptors (Lipinski definition) is 4.